The Morgan fingerprint density at radius 1 is 1.41 bits per heavy atom. The predicted molar refractivity (Wildman–Crippen MR) is 67.2 cm³/mol. The number of hydrogen-bond acceptors (Lipinski definition) is 3. The Kier molecular flexibility index (Phi) is 3.16. The van der Waals surface area contributed by atoms with Crippen molar-refractivity contribution >= 4 is 22.5 Å². The lowest BCUT2D eigenvalue weighted by molar-refractivity contribution is 0.242. The fourth-order valence-corrected chi connectivity index (χ4v) is 1.79. The molecule has 0 radical (unpaired) electrons. The molecule has 0 atom stereocenters. The first kappa shape index (κ1) is 11.7. The van der Waals surface area contributed by atoms with E-state index in [4.69, 9.17) is 21.6 Å². The molecule has 1 aromatic heterocycles. The van der Waals surface area contributed by atoms with Gasteiger partial charge in [-0.25, -0.2) is 0 Å². The van der Waals surface area contributed by atoms with E-state index in [9.17, 15) is 0 Å². The minimum atomic E-state index is 0.00926. The third-order valence-corrected chi connectivity index (χ3v) is 2.60. The van der Waals surface area contributed by atoms with Crippen LogP contribution in [0.25, 0.3) is 10.9 Å². The van der Waals surface area contributed by atoms with E-state index in [2.05, 4.69) is 11.1 Å². The number of benzene rings is 1. The van der Waals surface area contributed by atoms with Crippen molar-refractivity contribution in [1.82, 2.24) is 4.98 Å². The van der Waals surface area contributed by atoms with Gasteiger partial charge in [-0.05, 0) is 32.0 Å². The van der Waals surface area contributed by atoms with Crippen LogP contribution in [0.3, 0.4) is 0 Å². The maximum Gasteiger partial charge on any atom is 0.138 e. The molecular weight excluding hydrogens is 236 g/mol. The summed E-state index contributed by atoms with van der Waals surface area (Å²) in [5.41, 5.74) is 1.17. The van der Waals surface area contributed by atoms with Crippen LogP contribution in [-0.2, 0) is 0 Å². The molecule has 0 bridgehead atoms. The normalized spacial score (nSPS) is 10.5. The van der Waals surface area contributed by atoms with Gasteiger partial charge in [0.2, 0.25) is 0 Å². The molecule has 2 aromatic rings. The van der Waals surface area contributed by atoms with Gasteiger partial charge in [0.1, 0.15) is 11.8 Å². The molecule has 0 saturated carbocycles. The van der Waals surface area contributed by atoms with E-state index in [0.717, 1.165) is 5.39 Å². The van der Waals surface area contributed by atoms with Crippen molar-refractivity contribution in [2.45, 2.75) is 20.0 Å². The van der Waals surface area contributed by atoms with Crippen LogP contribution in [0.4, 0.5) is 0 Å². The zero-order chi connectivity index (χ0) is 12.4. The van der Waals surface area contributed by atoms with Crippen molar-refractivity contribution in [3.05, 3.63) is 35.0 Å². The van der Waals surface area contributed by atoms with Crippen molar-refractivity contribution in [3.8, 4) is 11.8 Å². The Morgan fingerprint density at radius 2 is 2.18 bits per heavy atom. The highest BCUT2D eigenvalue weighted by molar-refractivity contribution is 6.35. The first-order valence-corrected chi connectivity index (χ1v) is 5.64. The van der Waals surface area contributed by atoms with E-state index in [-0.39, 0.29) is 6.10 Å². The third kappa shape index (κ3) is 2.32. The highest BCUT2D eigenvalue weighted by atomic mass is 35.5. The van der Waals surface area contributed by atoms with E-state index in [1.807, 2.05) is 13.8 Å². The minimum Gasteiger partial charge on any atom is -0.490 e. The molecule has 2 rings (SSSR count). The summed E-state index contributed by atoms with van der Waals surface area (Å²) in [5.74, 6) is 0.546. The quantitative estimate of drug-likeness (QED) is 0.814. The average molecular weight is 247 g/mol. The largest absolute Gasteiger partial charge is 0.490 e. The number of pyridine rings is 1. The molecule has 1 heterocycles. The van der Waals surface area contributed by atoms with Crippen molar-refractivity contribution in [2.24, 2.45) is 0 Å². The number of aromatic nitrogens is 1. The predicted octanol–water partition coefficient (Wildman–Crippen LogP) is 3.55. The van der Waals surface area contributed by atoms with Crippen LogP contribution < -0.4 is 4.74 Å². The second-order valence-electron chi connectivity index (χ2n) is 3.94. The molecule has 1 aromatic carbocycles. The number of halogens is 1. The van der Waals surface area contributed by atoms with Gasteiger partial charge in [0.05, 0.1) is 22.2 Å². The first-order chi connectivity index (χ1) is 8.11. The summed E-state index contributed by atoms with van der Waals surface area (Å²) < 4.78 is 5.59. The summed E-state index contributed by atoms with van der Waals surface area (Å²) in [6, 6.07) is 7.28. The summed E-state index contributed by atoms with van der Waals surface area (Å²) in [7, 11) is 0. The van der Waals surface area contributed by atoms with Crippen LogP contribution in [0.5, 0.6) is 5.75 Å². The summed E-state index contributed by atoms with van der Waals surface area (Å²) in [4.78, 5) is 4.18. The molecule has 0 N–H and O–H groups in total. The zero-order valence-corrected chi connectivity index (χ0v) is 10.3. The van der Waals surface area contributed by atoms with Crippen LogP contribution in [0.2, 0.25) is 5.02 Å². The smallest absolute Gasteiger partial charge is 0.138 e. The van der Waals surface area contributed by atoms with E-state index in [1.165, 1.54) is 0 Å². The maximum atomic E-state index is 9.07. The summed E-state index contributed by atoms with van der Waals surface area (Å²) in [6.07, 6.45) is 1.63. The van der Waals surface area contributed by atoms with E-state index in [1.54, 1.807) is 24.4 Å². The lowest BCUT2D eigenvalue weighted by Crippen LogP contribution is -2.06. The summed E-state index contributed by atoms with van der Waals surface area (Å²) in [6.45, 7) is 3.83. The van der Waals surface area contributed by atoms with Crippen molar-refractivity contribution in [2.75, 3.05) is 0 Å². The number of hydrogen-bond donors (Lipinski definition) is 0. The van der Waals surface area contributed by atoms with Gasteiger partial charge in [-0.15, -0.1) is 0 Å². The van der Waals surface area contributed by atoms with E-state index >= 15 is 0 Å². The molecule has 0 saturated heterocycles. The molecule has 0 aliphatic heterocycles. The molecule has 0 spiro atoms. The molecule has 3 nitrogen and oxygen atoms in total. The molecule has 0 aliphatic rings. The number of ether oxygens (including phenoxy) is 1. The van der Waals surface area contributed by atoms with Gasteiger partial charge in [0.15, 0.2) is 0 Å². The second kappa shape index (κ2) is 4.60. The number of fused-ring (bicyclic) bond motifs is 1. The van der Waals surface area contributed by atoms with Gasteiger partial charge in [-0.1, -0.05) is 11.6 Å². The Labute approximate surface area is 105 Å². The minimum absolute atomic E-state index is 0.00926. The van der Waals surface area contributed by atoms with Crippen LogP contribution in [-0.4, -0.2) is 11.1 Å². The molecule has 86 valence electrons. The van der Waals surface area contributed by atoms with Gasteiger partial charge >= 0.3 is 0 Å². The summed E-state index contributed by atoms with van der Waals surface area (Å²) in [5, 5.41) is 10.5. The van der Waals surface area contributed by atoms with Crippen molar-refractivity contribution in [3.63, 3.8) is 0 Å². The number of rotatable bonds is 2. The van der Waals surface area contributed by atoms with Gasteiger partial charge in [-0.3, -0.25) is 4.98 Å². The summed E-state index contributed by atoms with van der Waals surface area (Å²) >= 11 is 6.08. The Morgan fingerprint density at radius 3 is 2.82 bits per heavy atom. The standard InChI is InChI=1S/C13H11ClN2O/c1-8(2)17-13-6-10-11(14)3-4-16-12(10)5-9(13)7-15/h3-6,8H,1-2H3. The number of nitriles is 1. The highest BCUT2D eigenvalue weighted by Crippen LogP contribution is 2.29. The highest BCUT2D eigenvalue weighted by Gasteiger charge is 2.10. The van der Waals surface area contributed by atoms with E-state index in [0.29, 0.717) is 21.9 Å². The van der Waals surface area contributed by atoms with Gasteiger partial charge in [0, 0.05) is 11.6 Å². The number of nitrogens with zero attached hydrogens (tertiary/aromatic N) is 2. The fraction of sp³-hybridized carbons (Fsp3) is 0.231. The van der Waals surface area contributed by atoms with Crippen molar-refractivity contribution in [1.29, 1.82) is 5.26 Å². The second-order valence-corrected chi connectivity index (χ2v) is 4.34. The molecule has 0 amide bonds. The van der Waals surface area contributed by atoms with Crippen LogP contribution in [0.1, 0.15) is 19.4 Å². The fourth-order valence-electron chi connectivity index (χ4n) is 1.58. The SMILES string of the molecule is CC(C)Oc1cc2c(Cl)ccnc2cc1C#N. The molecule has 17 heavy (non-hydrogen) atoms. The lowest BCUT2D eigenvalue weighted by Gasteiger charge is -2.12. The Bertz CT molecular complexity index is 602. The maximum absolute atomic E-state index is 9.07. The molecule has 0 aliphatic carbocycles. The van der Waals surface area contributed by atoms with Crippen LogP contribution in [0, 0.1) is 11.3 Å². The molecule has 0 unspecified atom stereocenters. The van der Waals surface area contributed by atoms with Crippen LogP contribution in [0.15, 0.2) is 24.4 Å². The van der Waals surface area contributed by atoms with Gasteiger partial charge < -0.3 is 4.74 Å². The molecule has 4 heteroatoms. The van der Waals surface area contributed by atoms with E-state index < -0.39 is 0 Å². The van der Waals surface area contributed by atoms with Gasteiger partial charge in [-0.2, -0.15) is 5.26 Å². The molecule has 0 fully saturated rings. The first-order valence-electron chi connectivity index (χ1n) is 5.27. The average Bonchev–Trinajstić information content (AvgIpc) is 2.29. The monoisotopic (exact) mass is 246 g/mol. The third-order valence-electron chi connectivity index (χ3n) is 2.27. The van der Waals surface area contributed by atoms with Crippen LogP contribution >= 0.6 is 11.6 Å². The lowest BCUT2D eigenvalue weighted by atomic mass is 10.1. The zero-order valence-electron chi connectivity index (χ0n) is 9.57. The van der Waals surface area contributed by atoms with Crippen molar-refractivity contribution < 1.29 is 4.74 Å². The Balaban J connectivity index is 2.67. The topological polar surface area (TPSA) is 45.9 Å². The Hall–Kier alpha value is -1.79. The van der Waals surface area contributed by atoms with Gasteiger partial charge in [0.25, 0.3) is 0 Å². The molecular formula is C13H11ClN2O.